The van der Waals surface area contributed by atoms with E-state index in [-0.39, 0.29) is 32.6 Å². The van der Waals surface area contributed by atoms with Crippen molar-refractivity contribution < 1.29 is 37.6 Å². The summed E-state index contributed by atoms with van der Waals surface area (Å²) >= 11 is 0. The predicted octanol–water partition coefficient (Wildman–Crippen LogP) is 19.5. The maximum Gasteiger partial charge on any atom is 0.472 e. The van der Waals surface area contributed by atoms with Gasteiger partial charge in [-0.05, 0) is 116 Å². The van der Waals surface area contributed by atoms with Crippen LogP contribution in [0.2, 0.25) is 0 Å². The van der Waals surface area contributed by atoms with Crippen LogP contribution < -0.4 is 5.73 Å². The third-order valence-electron chi connectivity index (χ3n) is 12.2. The Labute approximate surface area is 471 Å². The molecule has 10 heteroatoms. The van der Waals surface area contributed by atoms with Gasteiger partial charge in [-0.3, -0.25) is 18.6 Å². The second-order valence-corrected chi connectivity index (χ2v) is 20.9. The van der Waals surface area contributed by atoms with E-state index in [9.17, 15) is 19.0 Å². The van der Waals surface area contributed by atoms with E-state index in [0.717, 1.165) is 128 Å². The Kier molecular flexibility index (Phi) is 57.8. The van der Waals surface area contributed by atoms with Gasteiger partial charge in [-0.15, -0.1) is 0 Å². The quantitative estimate of drug-likeness (QED) is 0.0264. The van der Waals surface area contributed by atoms with E-state index in [1.807, 2.05) is 0 Å². The third kappa shape index (κ3) is 61.0. The molecule has 0 bridgehead atoms. The number of hydrogen-bond donors (Lipinski definition) is 2. The largest absolute Gasteiger partial charge is 0.472 e. The first kappa shape index (κ1) is 72.9. The smallest absolute Gasteiger partial charge is 0.462 e. The zero-order valence-corrected chi connectivity index (χ0v) is 49.5. The van der Waals surface area contributed by atoms with Crippen molar-refractivity contribution in [3.8, 4) is 0 Å². The first-order valence-electron chi connectivity index (χ1n) is 30.3. The fraction of sp³-hybridized carbons (Fsp3) is 0.612. The normalized spacial score (nSPS) is 14.1. The Morgan fingerprint density at radius 2 is 0.675 bits per heavy atom. The minimum absolute atomic E-state index is 0.0437. The van der Waals surface area contributed by atoms with E-state index >= 15 is 0 Å². The van der Waals surface area contributed by atoms with E-state index in [4.69, 9.17) is 24.3 Å². The van der Waals surface area contributed by atoms with E-state index in [1.54, 1.807) is 0 Å². The SMILES string of the molecule is CC/C=C\C/C=C\C/C=C\C/C=C\C/C=C\C/C=C\C/C=C\CCCCCCCCCCCCCC(=O)OC(COC(=O)CCCCCCCCC/C=C\C/C=C\C/C=C\C/C=C\C/C=C\CC)COP(=O)(O)OCCN. The number of ether oxygens (including phenoxy) is 2. The Hall–Kier alpha value is -4.11. The lowest BCUT2D eigenvalue weighted by atomic mass is 10.0. The Bertz CT molecular complexity index is 1770. The Morgan fingerprint density at radius 3 is 1.00 bits per heavy atom. The van der Waals surface area contributed by atoms with Crippen molar-refractivity contribution in [2.75, 3.05) is 26.4 Å². The molecule has 0 amide bonds. The molecule has 0 aliphatic carbocycles. The topological polar surface area (TPSA) is 134 Å². The molecule has 0 aromatic heterocycles. The molecule has 0 aromatic carbocycles. The fourth-order valence-electron chi connectivity index (χ4n) is 7.82. The molecule has 77 heavy (non-hydrogen) atoms. The molecule has 436 valence electrons. The van der Waals surface area contributed by atoms with Crippen LogP contribution in [-0.4, -0.2) is 49.3 Å². The van der Waals surface area contributed by atoms with Crippen molar-refractivity contribution >= 4 is 19.8 Å². The summed E-state index contributed by atoms with van der Waals surface area (Å²) < 4.78 is 33.1. The summed E-state index contributed by atoms with van der Waals surface area (Å²) in [4.78, 5) is 35.2. The number of rotatable bonds is 55. The molecule has 0 spiro atoms. The van der Waals surface area contributed by atoms with E-state index in [0.29, 0.717) is 12.8 Å². The van der Waals surface area contributed by atoms with Crippen LogP contribution in [0, 0.1) is 0 Å². The van der Waals surface area contributed by atoms with Gasteiger partial charge in [0.05, 0.1) is 13.2 Å². The number of esters is 2. The number of nitrogens with two attached hydrogens (primary N) is 1. The maximum absolute atomic E-state index is 12.7. The number of hydrogen-bond acceptors (Lipinski definition) is 8. The highest BCUT2D eigenvalue weighted by atomic mass is 31.2. The predicted molar refractivity (Wildman–Crippen MR) is 330 cm³/mol. The van der Waals surface area contributed by atoms with Crippen LogP contribution in [-0.2, 0) is 32.7 Å². The van der Waals surface area contributed by atoms with Gasteiger partial charge in [0.15, 0.2) is 6.10 Å². The summed E-state index contributed by atoms with van der Waals surface area (Å²) in [6, 6.07) is 0. The zero-order valence-electron chi connectivity index (χ0n) is 48.6. The highest BCUT2D eigenvalue weighted by molar-refractivity contribution is 7.47. The highest BCUT2D eigenvalue weighted by Gasteiger charge is 2.26. The molecule has 0 fully saturated rings. The zero-order chi connectivity index (χ0) is 55.9. The summed E-state index contributed by atoms with van der Waals surface area (Å²) in [5.41, 5.74) is 5.39. The minimum Gasteiger partial charge on any atom is -0.462 e. The molecule has 0 heterocycles. The molecule has 0 saturated carbocycles. The lowest BCUT2D eigenvalue weighted by molar-refractivity contribution is -0.161. The first-order chi connectivity index (χ1) is 37.8. The molecule has 3 N–H and O–H groups in total. The Balaban J connectivity index is 4.02. The van der Waals surface area contributed by atoms with Gasteiger partial charge in [-0.25, -0.2) is 4.57 Å². The van der Waals surface area contributed by atoms with Gasteiger partial charge < -0.3 is 20.1 Å². The van der Waals surface area contributed by atoms with Crippen molar-refractivity contribution in [2.24, 2.45) is 5.73 Å². The van der Waals surface area contributed by atoms with Crippen LogP contribution in [0.3, 0.4) is 0 Å². The molecular weight excluding hydrogens is 978 g/mol. The number of carbonyl (C=O) groups excluding carboxylic acids is 2. The molecule has 2 atom stereocenters. The minimum atomic E-state index is -4.40. The van der Waals surface area contributed by atoms with Crippen LogP contribution in [0.15, 0.2) is 146 Å². The summed E-state index contributed by atoms with van der Waals surface area (Å²) in [7, 11) is -4.40. The molecule has 0 saturated heterocycles. The lowest BCUT2D eigenvalue weighted by Gasteiger charge is -2.19. The van der Waals surface area contributed by atoms with Gasteiger partial charge in [0.25, 0.3) is 0 Å². The molecule has 0 rings (SSSR count). The van der Waals surface area contributed by atoms with Crippen molar-refractivity contribution in [3.05, 3.63) is 146 Å². The van der Waals surface area contributed by atoms with Gasteiger partial charge in [-0.2, -0.15) is 0 Å². The summed E-state index contributed by atoms with van der Waals surface area (Å²) in [5, 5.41) is 0. The van der Waals surface area contributed by atoms with Gasteiger partial charge in [-0.1, -0.05) is 250 Å². The summed E-state index contributed by atoms with van der Waals surface area (Å²) in [6.45, 7) is 3.49. The van der Waals surface area contributed by atoms with Crippen molar-refractivity contribution in [3.63, 3.8) is 0 Å². The second kappa shape index (κ2) is 61.1. The number of allylic oxidation sites excluding steroid dienone is 24. The molecule has 0 aliphatic heterocycles. The average Bonchev–Trinajstić information content (AvgIpc) is 3.42. The average molecular weight is 1090 g/mol. The van der Waals surface area contributed by atoms with Gasteiger partial charge >= 0.3 is 19.8 Å². The van der Waals surface area contributed by atoms with Crippen molar-refractivity contribution in [2.45, 2.75) is 238 Å². The Morgan fingerprint density at radius 1 is 0.390 bits per heavy atom. The third-order valence-corrected chi connectivity index (χ3v) is 13.2. The van der Waals surface area contributed by atoms with Crippen LogP contribution in [0.4, 0.5) is 0 Å². The molecule has 0 radical (unpaired) electrons. The van der Waals surface area contributed by atoms with Crippen LogP contribution >= 0.6 is 7.82 Å². The van der Waals surface area contributed by atoms with E-state index < -0.39 is 32.5 Å². The van der Waals surface area contributed by atoms with Crippen LogP contribution in [0.1, 0.15) is 232 Å². The van der Waals surface area contributed by atoms with E-state index in [2.05, 4.69) is 160 Å². The highest BCUT2D eigenvalue weighted by Crippen LogP contribution is 2.43. The van der Waals surface area contributed by atoms with Gasteiger partial charge in [0, 0.05) is 19.4 Å². The molecule has 0 aromatic rings. The van der Waals surface area contributed by atoms with E-state index in [1.165, 1.54) is 64.2 Å². The standard InChI is InChI=1S/C67H110NO8P/c1-3-5-7-9-11-13-15-17-19-21-23-25-27-28-29-30-31-32-33-34-35-36-38-40-42-44-46-48-50-52-54-56-58-60-67(70)76-65(64-75-77(71,72)74-62-61-68)63-73-66(69)59-57-55-53-51-49-47-45-43-41-39-37-26-24-22-20-18-16-14-12-10-8-6-4-2/h5-8,11-14,17-20,23-26,28-29,31-32,34-35,39,41,65H,3-4,9-10,15-16,21-22,27,30,33,36-38,40,42-64,68H2,1-2H3,(H,71,72)/b7-5-,8-6-,13-11-,14-12-,19-17-,20-18-,25-23-,26-24-,29-28-,32-31-,35-34-,41-39-. The van der Waals surface area contributed by atoms with Gasteiger partial charge in [0.2, 0.25) is 0 Å². The van der Waals surface area contributed by atoms with Gasteiger partial charge in [0.1, 0.15) is 6.61 Å². The number of unbranched alkanes of at least 4 members (excludes halogenated alkanes) is 18. The number of carbonyl (C=O) groups is 2. The maximum atomic E-state index is 12.7. The number of phosphoric ester groups is 1. The second-order valence-electron chi connectivity index (χ2n) is 19.5. The fourth-order valence-corrected chi connectivity index (χ4v) is 8.58. The summed E-state index contributed by atoms with van der Waals surface area (Å²) in [5.74, 6) is -0.852. The molecule has 0 aliphatic rings. The molecule has 9 nitrogen and oxygen atoms in total. The number of phosphoric acid groups is 1. The van der Waals surface area contributed by atoms with Crippen molar-refractivity contribution in [1.82, 2.24) is 0 Å². The van der Waals surface area contributed by atoms with Crippen LogP contribution in [0.5, 0.6) is 0 Å². The first-order valence-corrected chi connectivity index (χ1v) is 31.8. The monoisotopic (exact) mass is 1090 g/mol. The molecule has 2 unspecified atom stereocenters. The molecular formula is C67H110NO8P. The van der Waals surface area contributed by atoms with Crippen molar-refractivity contribution in [1.29, 1.82) is 0 Å². The summed E-state index contributed by atoms with van der Waals surface area (Å²) in [6.07, 6.45) is 87.5. The lowest BCUT2D eigenvalue weighted by Crippen LogP contribution is -2.29. The van der Waals surface area contributed by atoms with Crippen LogP contribution in [0.25, 0.3) is 0 Å².